The van der Waals surface area contributed by atoms with E-state index >= 15 is 0 Å². The Morgan fingerprint density at radius 1 is 0.580 bits per heavy atom. The molecule has 2 atom stereocenters. The summed E-state index contributed by atoms with van der Waals surface area (Å²) >= 11 is 0. The Morgan fingerprint density at radius 3 is 1.32 bits per heavy atom. The second-order valence-electron chi connectivity index (χ2n) is 15.1. The van der Waals surface area contributed by atoms with E-state index in [0.29, 0.717) is 12.8 Å². The van der Waals surface area contributed by atoms with Crippen molar-refractivity contribution in [3.63, 3.8) is 0 Å². The van der Waals surface area contributed by atoms with Gasteiger partial charge < -0.3 is 20.1 Å². The molecule has 0 saturated carbocycles. The summed E-state index contributed by atoms with van der Waals surface area (Å²) in [6, 6.07) is 0. The number of nitrogens with two attached hydrogens (primary N) is 1. The van der Waals surface area contributed by atoms with Gasteiger partial charge in [0, 0.05) is 18.4 Å². The van der Waals surface area contributed by atoms with Crippen molar-refractivity contribution in [1.82, 2.24) is 0 Å². The van der Waals surface area contributed by atoms with E-state index in [1.807, 2.05) is 0 Å². The highest BCUT2D eigenvalue weighted by atomic mass is 31.2. The van der Waals surface area contributed by atoms with Crippen molar-refractivity contribution in [2.24, 2.45) is 5.73 Å². The van der Waals surface area contributed by atoms with E-state index in [4.69, 9.17) is 24.3 Å². The van der Waals surface area contributed by atoms with Crippen molar-refractivity contribution >= 4 is 19.8 Å². The summed E-state index contributed by atoms with van der Waals surface area (Å²) < 4.78 is 33.5. The molecule has 0 aliphatic rings. The SMILES string of the molecule is CCCCCCCCCCCCCCCC(=O)OC[C@H](COP(=O)(O)OCCC(C)(C)N)OC(=O)CCCCCCCCCCCCCCC. The third-order valence-electron chi connectivity index (χ3n) is 9.12. The van der Waals surface area contributed by atoms with Gasteiger partial charge in [0.2, 0.25) is 0 Å². The number of unbranched alkanes of at least 4 members (excludes halogenated alkanes) is 24. The highest BCUT2D eigenvalue weighted by molar-refractivity contribution is 7.47. The minimum absolute atomic E-state index is 0.0606. The van der Waals surface area contributed by atoms with Crippen molar-refractivity contribution in [2.45, 2.75) is 226 Å². The fourth-order valence-electron chi connectivity index (χ4n) is 5.83. The smallest absolute Gasteiger partial charge is 0.462 e. The molecular formula is C40H80NO8P. The fourth-order valence-corrected chi connectivity index (χ4v) is 6.58. The molecule has 0 bridgehead atoms. The zero-order chi connectivity index (χ0) is 37.2. The van der Waals surface area contributed by atoms with Gasteiger partial charge >= 0.3 is 19.8 Å². The number of rotatable bonds is 38. The Hall–Kier alpha value is -0.990. The maximum Gasteiger partial charge on any atom is 0.472 e. The predicted molar refractivity (Wildman–Crippen MR) is 206 cm³/mol. The van der Waals surface area contributed by atoms with E-state index in [1.54, 1.807) is 13.8 Å². The molecule has 0 aromatic carbocycles. The van der Waals surface area contributed by atoms with Gasteiger partial charge in [-0.2, -0.15) is 0 Å². The zero-order valence-electron chi connectivity index (χ0n) is 33.0. The summed E-state index contributed by atoms with van der Waals surface area (Å²) in [7, 11) is -4.41. The molecule has 0 rings (SSSR count). The quantitative estimate of drug-likeness (QED) is 0.0361. The van der Waals surface area contributed by atoms with Crippen molar-refractivity contribution < 1.29 is 37.6 Å². The third kappa shape index (κ3) is 36.8. The van der Waals surface area contributed by atoms with Crippen LogP contribution < -0.4 is 5.73 Å². The number of carbonyl (C=O) groups excluding carboxylic acids is 2. The van der Waals surface area contributed by atoms with Crippen LogP contribution in [0.15, 0.2) is 0 Å². The summed E-state index contributed by atoms with van der Waals surface area (Å²) in [5.41, 5.74) is 5.35. The van der Waals surface area contributed by atoms with Crippen molar-refractivity contribution in [2.75, 3.05) is 19.8 Å². The molecule has 9 nitrogen and oxygen atoms in total. The van der Waals surface area contributed by atoms with Crippen molar-refractivity contribution in [3.8, 4) is 0 Å². The molecule has 0 saturated heterocycles. The molecule has 0 aliphatic carbocycles. The standard InChI is InChI=1S/C40H80NO8P/c1-5-7-9-11-13-15-17-19-21-23-25-27-29-31-38(42)46-35-37(36-48-50(44,45)47-34-33-40(3,4)41)49-39(43)32-30-28-26-24-22-20-18-16-14-12-10-8-6-2/h37H,5-36,41H2,1-4H3,(H,44,45)/t37-/m1/s1. The highest BCUT2D eigenvalue weighted by Gasteiger charge is 2.27. The molecule has 1 unspecified atom stereocenters. The number of phosphoric acid groups is 1. The summed E-state index contributed by atoms with van der Waals surface area (Å²) in [5, 5.41) is 0. The average molecular weight is 734 g/mol. The number of ether oxygens (including phenoxy) is 2. The molecule has 10 heteroatoms. The summed E-state index contributed by atoms with van der Waals surface area (Å²) in [6.45, 7) is 7.36. The van der Waals surface area contributed by atoms with E-state index in [2.05, 4.69) is 13.8 Å². The molecule has 0 fully saturated rings. The molecule has 0 aliphatic heterocycles. The maximum atomic E-state index is 12.6. The van der Waals surface area contributed by atoms with Gasteiger partial charge in [0.1, 0.15) is 6.61 Å². The van der Waals surface area contributed by atoms with Gasteiger partial charge in [0.15, 0.2) is 6.10 Å². The van der Waals surface area contributed by atoms with Crippen LogP contribution in [-0.2, 0) is 32.7 Å². The number of hydrogen-bond donors (Lipinski definition) is 2. The van der Waals surface area contributed by atoms with Crippen LogP contribution in [0.4, 0.5) is 0 Å². The zero-order valence-corrected chi connectivity index (χ0v) is 33.9. The van der Waals surface area contributed by atoms with Crippen molar-refractivity contribution in [3.05, 3.63) is 0 Å². The van der Waals surface area contributed by atoms with E-state index in [0.717, 1.165) is 32.1 Å². The Bertz CT molecular complexity index is 835. The molecule has 0 heterocycles. The third-order valence-corrected chi connectivity index (χ3v) is 10.1. The molecule has 50 heavy (non-hydrogen) atoms. The lowest BCUT2D eigenvalue weighted by molar-refractivity contribution is -0.161. The largest absolute Gasteiger partial charge is 0.472 e. The van der Waals surface area contributed by atoms with Crippen LogP contribution in [0.3, 0.4) is 0 Å². The molecule has 0 aromatic heterocycles. The first-order valence-electron chi connectivity index (χ1n) is 20.7. The van der Waals surface area contributed by atoms with Gasteiger partial charge in [0.05, 0.1) is 13.2 Å². The average Bonchev–Trinajstić information content (AvgIpc) is 3.06. The van der Waals surface area contributed by atoms with Gasteiger partial charge in [-0.1, -0.05) is 168 Å². The lowest BCUT2D eigenvalue weighted by Crippen LogP contribution is -2.33. The van der Waals surface area contributed by atoms with Gasteiger partial charge in [-0.05, 0) is 33.1 Å². The molecule has 298 valence electrons. The molecule has 3 N–H and O–H groups in total. The maximum absolute atomic E-state index is 12.6. The van der Waals surface area contributed by atoms with Gasteiger partial charge in [-0.3, -0.25) is 18.6 Å². The lowest BCUT2D eigenvalue weighted by atomic mass is 10.0. The van der Waals surface area contributed by atoms with Crippen LogP contribution >= 0.6 is 7.82 Å². The van der Waals surface area contributed by atoms with E-state index in [1.165, 1.54) is 128 Å². The van der Waals surface area contributed by atoms with Crippen LogP contribution in [0.2, 0.25) is 0 Å². The Kier molecular flexibility index (Phi) is 33.2. The predicted octanol–water partition coefficient (Wildman–Crippen LogP) is 11.7. The second kappa shape index (κ2) is 33.8. The number of carbonyl (C=O) groups is 2. The fraction of sp³-hybridized carbons (Fsp3) is 0.950. The first kappa shape index (κ1) is 49.0. The van der Waals surface area contributed by atoms with Crippen LogP contribution in [0, 0.1) is 0 Å². The van der Waals surface area contributed by atoms with Gasteiger partial charge in [0.25, 0.3) is 0 Å². The summed E-state index contributed by atoms with van der Waals surface area (Å²) in [6.07, 6.45) is 31.6. The number of esters is 2. The Morgan fingerprint density at radius 2 is 0.940 bits per heavy atom. The lowest BCUT2D eigenvalue weighted by Gasteiger charge is -2.21. The van der Waals surface area contributed by atoms with Gasteiger partial charge in [-0.25, -0.2) is 4.57 Å². The van der Waals surface area contributed by atoms with Gasteiger partial charge in [-0.15, -0.1) is 0 Å². The summed E-state index contributed by atoms with van der Waals surface area (Å²) in [5.74, 6) is -0.813. The molecule has 0 spiro atoms. The van der Waals surface area contributed by atoms with Crippen LogP contribution in [0.5, 0.6) is 0 Å². The molecular weight excluding hydrogens is 653 g/mol. The molecule has 0 amide bonds. The number of phosphoric ester groups is 1. The first-order valence-corrected chi connectivity index (χ1v) is 22.2. The first-order chi connectivity index (χ1) is 24.0. The molecule has 0 radical (unpaired) electrons. The van der Waals surface area contributed by atoms with Crippen LogP contribution in [0.1, 0.15) is 214 Å². The Balaban J connectivity index is 4.36. The number of hydrogen-bond acceptors (Lipinski definition) is 8. The van der Waals surface area contributed by atoms with E-state index < -0.39 is 32.0 Å². The highest BCUT2D eigenvalue weighted by Crippen LogP contribution is 2.43. The topological polar surface area (TPSA) is 134 Å². The molecule has 0 aromatic rings. The Labute approximate surface area is 307 Å². The van der Waals surface area contributed by atoms with E-state index in [9.17, 15) is 19.0 Å². The van der Waals surface area contributed by atoms with Crippen LogP contribution in [0.25, 0.3) is 0 Å². The second-order valence-corrected chi connectivity index (χ2v) is 16.6. The minimum Gasteiger partial charge on any atom is -0.462 e. The summed E-state index contributed by atoms with van der Waals surface area (Å²) in [4.78, 5) is 35.2. The normalized spacial score (nSPS) is 13.6. The monoisotopic (exact) mass is 734 g/mol. The van der Waals surface area contributed by atoms with Crippen LogP contribution in [-0.4, -0.2) is 48.3 Å². The van der Waals surface area contributed by atoms with E-state index in [-0.39, 0.29) is 32.0 Å². The minimum atomic E-state index is -4.41. The van der Waals surface area contributed by atoms with Crippen molar-refractivity contribution in [1.29, 1.82) is 0 Å².